The van der Waals surface area contributed by atoms with Crippen LogP contribution in [0.4, 0.5) is 0 Å². The maximum absolute atomic E-state index is 6.57. The second-order valence-electron chi connectivity index (χ2n) is 14.9. The number of furan rings is 1. The number of hydrogen-bond acceptors (Lipinski definition) is 4. The lowest BCUT2D eigenvalue weighted by Gasteiger charge is -2.36. The van der Waals surface area contributed by atoms with Crippen LogP contribution in [0.1, 0.15) is 25.0 Å². The summed E-state index contributed by atoms with van der Waals surface area (Å²) in [6.07, 6.45) is 0. The second-order valence-corrected chi connectivity index (χ2v) is 16.0. The average molecular weight is 710 g/mol. The van der Waals surface area contributed by atoms with Crippen molar-refractivity contribution < 1.29 is 4.42 Å². The summed E-state index contributed by atoms with van der Waals surface area (Å²) in [5.74, 6) is 0.719. The Morgan fingerprint density at radius 1 is 0.574 bits per heavy atom. The number of para-hydroxylation sites is 3. The Morgan fingerprint density at radius 2 is 1.28 bits per heavy atom. The smallest absolute Gasteiger partial charge is 0.161 e. The minimum atomic E-state index is -0.279. The van der Waals surface area contributed by atoms with Gasteiger partial charge < -0.3 is 8.98 Å². The first-order valence-corrected chi connectivity index (χ1v) is 19.2. The van der Waals surface area contributed by atoms with Gasteiger partial charge in [0.1, 0.15) is 11.1 Å². The maximum atomic E-state index is 6.57. The number of benzene rings is 7. The van der Waals surface area contributed by atoms with Gasteiger partial charge in [0.25, 0.3) is 0 Å². The molecule has 0 radical (unpaired) electrons. The van der Waals surface area contributed by atoms with E-state index in [9.17, 15) is 0 Å². The van der Waals surface area contributed by atoms with Gasteiger partial charge in [-0.25, -0.2) is 9.97 Å². The van der Waals surface area contributed by atoms with Crippen molar-refractivity contribution in [3.8, 4) is 39.5 Å². The molecule has 0 atom stereocenters. The molecule has 0 unspecified atom stereocenters. The fourth-order valence-corrected chi connectivity index (χ4v) is 10.4. The molecule has 12 rings (SSSR count). The highest BCUT2D eigenvalue weighted by Gasteiger charge is 2.38. The third-order valence-corrected chi connectivity index (χ3v) is 12.8. The van der Waals surface area contributed by atoms with Gasteiger partial charge >= 0.3 is 0 Å². The molecule has 11 aromatic rings. The van der Waals surface area contributed by atoms with Gasteiger partial charge in [0.2, 0.25) is 0 Å². The highest BCUT2D eigenvalue weighted by atomic mass is 32.1. The summed E-state index contributed by atoms with van der Waals surface area (Å²) < 4.78 is 11.6. The lowest BCUT2D eigenvalue weighted by Crippen LogP contribution is -2.27. The third kappa shape index (κ3) is 3.97. The Hall–Kier alpha value is -6.56. The predicted octanol–water partition coefficient (Wildman–Crippen LogP) is 13.5. The zero-order valence-corrected chi connectivity index (χ0v) is 30.4. The van der Waals surface area contributed by atoms with Crippen molar-refractivity contribution in [2.45, 2.75) is 19.3 Å². The quantitative estimate of drug-likeness (QED) is 0.183. The van der Waals surface area contributed by atoms with Crippen LogP contribution in [0.25, 0.3) is 104 Å². The average Bonchev–Trinajstić information content (AvgIpc) is 3.89. The number of nitrogens with zero attached hydrogens (tertiary/aromatic N) is 3. The first-order chi connectivity index (χ1) is 26.5. The van der Waals surface area contributed by atoms with Crippen molar-refractivity contribution >= 4 is 75.4 Å². The Labute approximate surface area is 314 Å². The number of aromatic nitrogens is 3. The molecule has 0 N–H and O–H groups in total. The maximum Gasteiger partial charge on any atom is 0.161 e. The summed E-state index contributed by atoms with van der Waals surface area (Å²) in [7, 11) is 0. The first kappa shape index (κ1) is 30.0. The summed E-state index contributed by atoms with van der Waals surface area (Å²) in [6, 6.07) is 54.2. The largest absolute Gasteiger partial charge is 0.454 e. The van der Waals surface area contributed by atoms with Crippen molar-refractivity contribution in [3.63, 3.8) is 0 Å². The lowest BCUT2D eigenvalue weighted by molar-refractivity contribution is 0.632. The number of fused-ring (bicyclic) bond motifs is 11. The monoisotopic (exact) mass is 709 g/mol. The van der Waals surface area contributed by atoms with Gasteiger partial charge in [-0.15, -0.1) is 11.3 Å². The van der Waals surface area contributed by atoms with Crippen LogP contribution < -0.4 is 0 Å². The number of thiophene rings is 1. The van der Waals surface area contributed by atoms with Gasteiger partial charge in [-0.2, -0.15) is 0 Å². The van der Waals surface area contributed by atoms with E-state index >= 15 is 0 Å². The second kappa shape index (κ2) is 10.8. The van der Waals surface area contributed by atoms with E-state index in [1.165, 1.54) is 48.1 Å². The SMILES string of the molecule is CC1(C)c2c(-c3cccc(-c4nc(-c5cccc6c5sc5ccccc56)c5ccccc5n4)c3)cccc2-n2c3c1cccc3c1oc3ccccc3c12. The molecule has 0 bridgehead atoms. The van der Waals surface area contributed by atoms with E-state index in [-0.39, 0.29) is 5.41 Å². The molecule has 0 spiro atoms. The van der Waals surface area contributed by atoms with Gasteiger partial charge in [-0.05, 0) is 64.7 Å². The van der Waals surface area contributed by atoms with E-state index in [1.807, 2.05) is 17.4 Å². The molecule has 5 heteroatoms. The molecule has 7 aromatic carbocycles. The highest BCUT2D eigenvalue weighted by Crippen LogP contribution is 2.52. The van der Waals surface area contributed by atoms with E-state index in [4.69, 9.17) is 14.4 Å². The molecule has 5 heterocycles. The van der Waals surface area contributed by atoms with Gasteiger partial charge in [0, 0.05) is 52.9 Å². The summed E-state index contributed by atoms with van der Waals surface area (Å²) in [4.78, 5) is 10.6. The van der Waals surface area contributed by atoms with Crippen LogP contribution in [-0.2, 0) is 5.41 Å². The van der Waals surface area contributed by atoms with Crippen LogP contribution in [0.15, 0.2) is 156 Å². The van der Waals surface area contributed by atoms with Crippen molar-refractivity contribution in [1.82, 2.24) is 14.5 Å². The zero-order chi connectivity index (χ0) is 35.7. The van der Waals surface area contributed by atoms with Crippen LogP contribution >= 0.6 is 11.3 Å². The topological polar surface area (TPSA) is 43.9 Å². The van der Waals surface area contributed by atoms with Crippen LogP contribution in [-0.4, -0.2) is 14.5 Å². The fourth-order valence-electron chi connectivity index (χ4n) is 9.19. The standard InChI is InChI=1S/C49H31N3OS/c1-49(2)37-22-11-21-36-44(37)52(45-34-17-4-7-25-40(34)53-46(36)45)39-24-12-18-30(42(39)49)28-13-9-14-29(27-28)48-50-38-23-6-3-16-33(38)43(51-48)35-20-10-19-32-31-15-5-8-26-41(31)54-47(32)35/h3-27H,1-2H3. The van der Waals surface area contributed by atoms with Crippen molar-refractivity contribution in [1.29, 1.82) is 0 Å². The summed E-state index contributed by atoms with van der Waals surface area (Å²) >= 11 is 1.83. The van der Waals surface area contributed by atoms with E-state index in [1.54, 1.807) is 0 Å². The first-order valence-electron chi connectivity index (χ1n) is 18.4. The Balaban J connectivity index is 1.08. The number of hydrogen-bond donors (Lipinski definition) is 0. The van der Waals surface area contributed by atoms with Gasteiger partial charge in [0.05, 0.1) is 22.4 Å². The molecule has 4 aromatic heterocycles. The van der Waals surface area contributed by atoms with Gasteiger partial charge in [-0.3, -0.25) is 0 Å². The molecule has 0 fully saturated rings. The number of rotatable bonds is 3. The van der Waals surface area contributed by atoms with Crippen LogP contribution in [0.2, 0.25) is 0 Å². The zero-order valence-electron chi connectivity index (χ0n) is 29.6. The van der Waals surface area contributed by atoms with Gasteiger partial charge in [0.15, 0.2) is 11.4 Å². The molecule has 1 aliphatic rings. The summed E-state index contributed by atoms with van der Waals surface area (Å²) in [5.41, 5.74) is 14.1. The molecular weight excluding hydrogens is 679 g/mol. The van der Waals surface area contributed by atoms with Gasteiger partial charge in [-0.1, -0.05) is 123 Å². The molecule has 0 amide bonds. The normalized spacial score (nSPS) is 13.5. The van der Waals surface area contributed by atoms with Crippen molar-refractivity contribution in [2.75, 3.05) is 0 Å². The Bertz CT molecular complexity index is 3380. The van der Waals surface area contributed by atoms with E-state index in [2.05, 4.69) is 164 Å². The molecule has 0 aliphatic carbocycles. The minimum Gasteiger partial charge on any atom is -0.454 e. The van der Waals surface area contributed by atoms with Crippen molar-refractivity contribution in [2.24, 2.45) is 0 Å². The summed E-state index contributed by atoms with van der Waals surface area (Å²) in [5, 5.41) is 5.88. The minimum absolute atomic E-state index is 0.279. The molecule has 4 nitrogen and oxygen atoms in total. The molecule has 254 valence electrons. The van der Waals surface area contributed by atoms with Crippen LogP contribution in [0, 0.1) is 0 Å². The Morgan fingerprint density at radius 3 is 2.20 bits per heavy atom. The predicted molar refractivity (Wildman–Crippen MR) is 225 cm³/mol. The molecule has 0 saturated heterocycles. The molecule has 0 saturated carbocycles. The highest BCUT2D eigenvalue weighted by molar-refractivity contribution is 7.26. The van der Waals surface area contributed by atoms with E-state index < -0.39 is 0 Å². The third-order valence-electron chi connectivity index (χ3n) is 11.6. The lowest BCUT2D eigenvalue weighted by atomic mass is 9.72. The van der Waals surface area contributed by atoms with E-state index in [0.717, 1.165) is 66.6 Å². The fraction of sp³-hybridized carbons (Fsp3) is 0.0612. The Kier molecular flexibility index (Phi) is 5.96. The molecule has 54 heavy (non-hydrogen) atoms. The van der Waals surface area contributed by atoms with Crippen LogP contribution in [0.3, 0.4) is 0 Å². The van der Waals surface area contributed by atoms with Crippen LogP contribution in [0.5, 0.6) is 0 Å². The summed E-state index contributed by atoms with van der Waals surface area (Å²) in [6.45, 7) is 4.72. The molecular formula is C49H31N3OS. The van der Waals surface area contributed by atoms with E-state index in [0.29, 0.717) is 0 Å². The van der Waals surface area contributed by atoms with Crippen molar-refractivity contribution in [3.05, 3.63) is 163 Å². The molecule has 1 aliphatic heterocycles.